The fourth-order valence-corrected chi connectivity index (χ4v) is 2.05. The van der Waals surface area contributed by atoms with Crippen molar-refractivity contribution in [2.45, 2.75) is 13.3 Å². The van der Waals surface area contributed by atoms with Crippen molar-refractivity contribution in [3.63, 3.8) is 0 Å². The van der Waals surface area contributed by atoms with Crippen molar-refractivity contribution in [3.8, 4) is 11.5 Å². The van der Waals surface area contributed by atoms with Gasteiger partial charge in [-0.3, -0.25) is 4.79 Å². The molecule has 1 amide bonds. The van der Waals surface area contributed by atoms with Crippen LogP contribution in [0.3, 0.4) is 0 Å². The average molecular weight is 314 g/mol. The average Bonchev–Trinajstić information content (AvgIpc) is 2.58. The van der Waals surface area contributed by atoms with Gasteiger partial charge in [-0.15, -0.1) is 0 Å². The van der Waals surface area contributed by atoms with E-state index in [1.54, 1.807) is 7.11 Å². The molecule has 2 aromatic rings. The lowest BCUT2D eigenvalue weighted by atomic mass is 10.3. The maximum atomic E-state index is 12.1. The quantitative estimate of drug-likeness (QED) is 0.782. The van der Waals surface area contributed by atoms with Gasteiger partial charge in [0.1, 0.15) is 11.5 Å². The Morgan fingerprint density at radius 1 is 1.13 bits per heavy atom. The molecule has 0 aliphatic carbocycles. The van der Waals surface area contributed by atoms with Gasteiger partial charge in [-0.25, -0.2) is 0 Å². The van der Waals surface area contributed by atoms with E-state index in [1.807, 2.05) is 48.5 Å². The second-order valence-electron chi connectivity index (χ2n) is 4.98. The van der Waals surface area contributed by atoms with Gasteiger partial charge in [0.25, 0.3) is 0 Å². The van der Waals surface area contributed by atoms with Gasteiger partial charge >= 0.3 is 0 Å². The summed E-state index contributed by atoms with van der Waals surface area (Å²) in [5.41, 5.74) is 1.50. The van der Waals surface area contributed by atoms with Crippen molar-refractivity contribution >= 4 is 17.3 Å². The molecular weight excluding hydrogens is 292 g/mol. The number of amides is 1. The number of hydrogen-bond donors (Lipinski definition) is 2. The number of anilines is 2. The van der Waals surface area contributed by atoms with Crippen molar-refractivity contribution in [2.24, 2.45) is 0 Å². The fourth-order valence-electron chi connectivity index (χ4n) is 2.05. The minimum atomic E-state index is -0.136. The van der Waals surface area contributed by atoms with Gasteiger partial charge in [0.2, 0.25) is 5.91 Å². The van der Waals surface area contributed by atoms with Gasteiger partial charge in [-0.05, 0) is 30.7 Å². The number of carbonyl (C=O) groups excluding carboxylic acids is 1. The number of carbonyl (C=O) groups is 1. The summed E-state index contributed by atoms with van der Waals surface area (Å²) in [6.45, 7) is 2.86. The number of para-hydroxylation sites is 2. The first-order valence-electron chi connectivity index (χ1n) is 7.62. The summed E-state index contributed by atoms with van der Waals surface area (Å²) in [6, 6.07) is 14.9. The monoisotopic (exact) mass is 314 g/mol. The van der Waals surface area contributed by atoms with Gasteiger partial charge in [0.15, 0.2) is 0 Å². The predicted octanol–water partition coefficient (Wildman–Crippen LogP) is 3.53. The third-order valence-corrected chi connectivity index (χ3v) is 3.14. The van der Waals surface area contributed by atoms with Crippen LogP contribution in [0.15, 0.2) is 48.5 Å². The Morgan fingerprint density at radius 2 is 1.96 bits per heavy atom. The Bertz CT molecular complexity index is 644. The van der Waals surface area contributed by atoms with E-state index >= 15 is 0 Å². The molecule has 0 aliphatic rings. The normalized spacial score (nSPS) is 10.0. The summed E-state index contributed by atoms with van der Waals surface area (Å²) >= 11 is 0. The highest BCUT2D eigenvalue weighted by Gasteiger charge is 2.06. The summed E-state index contributed by atoms with van der Waals surface area (Å²) in [6.07, 6.45) is 0.944. The lowest BCUT2D eigenvalue weighted by Gasteiger charge is -2.11. The van der Waals surface area contributed by atoms with Crippen molar-refractivity contribution < 1.29 is 14.3 Å². The van der Waals surface area contributed by atoms with E-state index < -0.39 is 0 Å². The van der Waals surface area contributed by atoms with E-state index in [2.05, 4.69) is 17.6 Å². The lowest BCUT2D eigenvalue weighted by Crippen LogP contribution is -2.21. The Morgan fingerprint density at radius 3 is 2.74 bits per heavy atom. The summed E-state index contributed by atoms with van der Waals surface area (Å²) in [5, 5.41) is 5.91. The first-order chi connectivity index (χ1) is 11.2. The van der Waals surface area contributed by atoms with Crippen LogP contribution in [0.5, 0.6) is 11.5 Å². The second kappa shape index (κ2) is 8.68. The molecule has 0 spiro atoms. The maximum absolute atomic E-state index is 12.1. The first kappa shape index (κ1) is 16.7. The van der Waals surface area contributed by atoms with E-state index in [1.165, 1.54) is 0 Å². The zero-order valence-corrected chi connectivity index (χ0v) is 13.5. The highest BCUT2D eigenvalue weighted by atomic mass is 16.5. The molecule has 0 unspecified atom stereocenters. The fraction of sp³-hybridized carbons (Fsp3) is 0.278. The van der Waals surface area contributed by atoms with Crippen LogP contribution in [0.4, 0.5) is 11.4 Å². The molecule has 0 heterocycles. The van der Waals surface area contributed by atoms with Crippen molar-refractivity contribution in [3.05, 3.63) is 48.5 Å². The summed E-state index contributed by atoms with van der Waals surface area (Å²) in [7, 11) is 1.60. The molecule has 2 aromatic carbocycles. The van der Waals surface area contributed by atoms with Gasteiger partial charge in [-0.2, -0.15) is 0 Å². The van der Waals surface area contributed by atoms with Gasteiger partial charge < -0.3 is 20.1 Å². The van der Waals surface area contributed by atoms with Gasteiger partial charge in [0.05, 0.1) is 25.9 Å². The van der Waals surface area contributed by atoms with Crippen molar-refractivity contribution in [2.75, 3.05) is 30.9 Å². The van der Waals surface area contributed by atoms with Crippen LogP contribution < -0.4 is 20.1 Å². The number of hydrogen-bond acceptors (Lipinski definition) is 4. The Hall–Kier alpha value is -2.69. The van der Waals surface area contributed by atoms with Gasteiger partial charge in [0, 0.05) is 11.8 Å². The molecule has 2 rings (SSSR count). The van der Waals surface area contributed by atoms with Crippen LogP contribution in [0, 0.1) is 0 Å². The highest BCUT2D eigenvalue weighted by molar-refractivity contribution is 5.94. The minimum absolute atomic E-state index is 0.136. The van der Waals surface area contributed by atoms with Crippen LogP contribution in [0.2, 0.25) is 0 Å². The zero-order chi connectivity index (χ0) is 16.5. The molecular formula is C18H22N2O3. The van der Waals surface area contributed by atoms with E-state index in [9.17, 15) is 4.79 Å². The summed E-state index contributed by atoms with van der Waals surface area (Å²) in [4.78, 5) is 12.1. The molecule has 0 bridgehead atoms. The molecule has 2 N–H and O–H groups in total. The Kier molecular flexibility index (Phi) is 6.29. The summed E-state index contributed by atoms with van der Waals surface area (Å²) in [5.74, 6) is 1.32. The molecule has 5 nitrogen and oxygen atoms in total. The molecule has 122 valence electrons. The number of ether oxygens (including phenoxy) is 2. The van der Waals surface area contributed by atoms with Crippen molar-refractivity contribution in [1.29, 1.82) is 0 Å². The molecule has 0 fully saturated rings. The first-order valence-corrected chi connectivity index (χ1v) is 7.62. The van der Waals surface area contributed by atoms with Crippen LogP contribution in [0.1, 0.15) is 13.3 Å². The van der Waals surface area contributed by atoms with E-state index in [4.69, 9.17) is 9.47 Å². The third-order valence-electron chi connectivity index (χ3n) is 3.14. The molecule has 0 radical (unpaired) electrons. The number of rotatable bonds is 8. The standard InChI is InChI=1S/C18H22N2O3/c1-3-11-23-15-8-6-7-14(12-15)20-18(21)13-19-16-9-4-5-10-17(16)22-2/h4-10,12,19H,3,11,13H2,1-2H3,(H,20,21). The van der Waals surface area contributed by atoms with Crippen molar-refractivity contribution in [1.82, 2.24) is 0 Å². The third kappa shape index (κ3) is 5.21. The predicted molar refractivity (Wildman–Crippen MR) is 92.3 cm³/mol. The van der Waals surface area contributed by atoms with E-state index in [-0.39, 0.29) is 12.5 Å². The number of methoxy groups -OCH3 is 1. The molecule has 0 aliphatic heterocycles. The summed E-state index contributed by atoms with van der Waals surface area (Å²) < 4.78 is 10.8. The SMILES string of the molecule is CCCOc1cccc(NC(=O)CNc2ccccc2OC)c1. The maximum Gasteiger partial charge on any atom is 0.243 e. The largest absolute Gasteiger partial charge is 0.495 e. The molecule has 23 heavy (non-hydrogen) atoms. The molecule has 0 saturated heterocycles. The zero-order valence-electron chi connectivity index (χ0n) is 13.5. The highest BCUT2D eigenvalue weighted by Crippen LogP contribution is 2.22. The molecule has 0 saturated carbocycles. The van der Waals surface area contributed by atoms with Gasteiger partial charge in [-0.1, -0.05) is 25.1 Å². The smallest absolute Gasteiger partial charge is 0.243 e. The lowest BCUT2D eigenvalue weighted by molar-refractivity contribution is -0.114. The van der Waals surface area contributed by atoms with Crippen LogP contribution in [-0.4, -0.2) is 26.2 Å². The number of nitrogens with one attached hydrogen (secondary N) is 2. The van der Waals surface area contributed by atoms with Crippen LogP contribution in [-0.2, 0) is 4.79 Å². The second-order valence-corrected chi connectivity index (χ2v) is 4.98. The van der Waals surface area contributed by atoms with Crippen LogP contribution >= 0.6 is 0 Å². The number of benzene rings is 2. The molecule has 0 atom stereocenters. The Labute approximate surface area is 136 Å². The minimum Gasteiger partial charge on any atom is -0.495 e. The Balaban J connectivity index is 1.89. The van der Waals surface area contributed by atoms with E-state index in [0.717, 1.165) is 17.9 Å². The molecule has 0 aromatic heterocycles. The van der Waals surface area contributed by atoms with Crippen LogP contribution in [0.25, 0.3) is 0 Å². The molecule has 5 heteroatoms. The topological polar surface area (TPSA) is 59.6 Å². The van der Waals surface area contributed by atoms with E-state index in [0.29, 0.717) is 18.0 Å².